The molecule has 0 bridgehead atoms. The molecule has 0 radical (unpaired) electrons. The zero-order valence-corrected chi connectivity index (χ0v) is 17.0. The first kappa shape index (κ1) is 19.8. The maximum Gasteiger partial charge on any atom is 0.269 e. The van der Waals surface area contributed by atoms with Crippen LogP contribution in [0, 0.1) is 10.1 Å². The fourth-order valence-electron chi connectivity index (χ4n) is 2.95. The summed E-state index contributed by atoms with van der Waals surface area (Å²) in [6, 6.07) is 16.9. The second-order valence-corrected chi connectivity index (χ2v) is 7.84. The fraction of sp³-hybridized carbons (Fsp3) is 0.0476. The molecule has 7 nitrogen and oxygen atoms in total. The van der Waals surface area contributed by atoms with Gasteiger partial charge in [-0.3, -0.25) is 14.9 Å². The van der Waals surface area contributed by atoms with Crippen molar-refractivity contribution in [3.8, 4) is 5.69 Å². The number of thiophene rings is 1. The molecule has 0 spiro atoms. The van der Waals surface area contributed by atoms with E-state index < -0.39 is 4.92 Å². The molecule has 1 unspecified atom stereocenters. The zero-order valence-electron chi connectivity index (χ0n) is 15.4. The quantitative estimate of drug-likeness (QED) is 0.338. The van der Waals surface area contributed by atoms with Gasteiger partial charge in [-0.1, -0.05) is 29.8 Å². The summed E-state index contributed by atoms with van der Waals surface area (Å²) in [5.41, 5.74) is 1.90. The number of non-ortho nitro benzene ring substituents is 1. The van der Waals surface area contributed by atoms with Crippen LogP contribution in [0.25, 0.3) is 5.69 Å². The molecule has 4 rings (SSSR count). The Bertz CT molecular complexity index is 1170. The lowest BCUT2D eigenvalue weighted by atomic mass is 10.1. The van der Waals surface area contributed by atoms with E-state index in [1.54, 1.807) is 41.8 Å². The van der Waals surface area contributed by atoms with Crippen LogP contribution in [0.4, 0.5) is 5.69 Å². The highest BCUT2D eigenvalue weighted by Gasteiger charge is 2.20. The predicted molar refractivity (Wildman–Crippen MR) is 115 cm³/mol. The average Bonchev–Trinajstić information content (AvgIpc) is 3.45. The number of benzene rings is 2. The summed E-state index contributed by atoms with van der Waals surface area (Å²) in [5, 5.41) is 20.6. The molecule has 0 aliphatic carbocycles. The number of carbonyl (C=O) groups is 1. The van der Waals surface area contributed by atoms with Gasteiger partial charge in [0.05, 0.1) is 28.4 Å². The predicted octanol–water partition coefficient (Wildman–Crippen LogP) is 5.01. The Morgan fingerprint density at radius 3 is 2.50 bits per heavy atom. The fourth-order valence-corrected chi connectivity index (χ4v) is 3.88. The van der Waals surface area contributed by atoms with Crippen molar-refractivity contribution < 1.29 is 9.72 Å². The number of carbonyl (C=O) groups excluding carboxylic acids is 1. The molecule has 2 aromatic carbocycles. The molecule has 0 saturated heterocycles. The standard InChI is InChI=1S/C21H15ClN4O3S/c22-16-5-3-14(4-6-16)20(19-2-1-11-30-19)24-21(27)15-12-23-25(13-15)17-7-9-18(10-8-17)26(28)29/h1-13,20H,(H,24,27). The number of nitrogens with zero attached hydrogens (tertiary/aromatic N) is 3. The van der Waals surface area contributed by atoms with E-state index in [9.17, 15) is 14.9 Å². The van der Waals surface area contributed by atoms with Crippen LogP contribution in [0.5, 0.6) is 0 Å². The number of nitrogens with one attached hydrogen (secondary N) is 1. The summed E-state index contributed by atoms with van der Waals surface area (Å²) >= 11 is 7.55. The van der Waals surface area contributed by atoms with Gasteiger partial charge >= 0.3 is 0 Å². The first-order valence-corrected chi connectivity index (χ1v) is 10.2. The molecule has 0 aliphatic rings. The second-order valence-electron chi connectivity index (χ2n) is 6.42. The van der Waals surface area contributed by atoms with Gasteiger partial charge < -0.3 is 5.32 Å². The highest BCUT2D eigenvalue weighted by Crippen LogP contribution is 2.27. The van der Waals surface area contributed by atoms with Crippen LogP contribution >= 0.6 is 22.9 Å². The van der Waals surface area contributed by atoms with E-state index in [0.717, 1.165) is 10.4 Å². The summed E-state index contributed by atoms with van der Waals surface area (Å²) in [5.74, 6) is -0.281. The first-order chi connectivity index (χ1) is 14.5. The van der Waals surface area contributed by atoms with Crippen LogP contribution in [-0.2, 0) is 0 Å². The number of nitro groups is 1. The van der Waals surface area contributed by atoms with Crippen molar-refractivity contribution in [2.24, 2.45) is 0 Å². The number of halogens is 1. The Morgan fingerprint density at radius 1 is 1.13 bits per heavy atom. The molecule has 0 fully saturated rings. The van der Waals surface area contributed by atoms with E-state index in [2.05, 4.69) is 10.4 Å². The van der Waals surface area contributed by atoms with Gasteiger partial charge in [-0.05, 0) is 41.3 Å². The topological polar surface area (TPSA) is 90.1 Å². The van der Waals surface area contributed by atoms with E-state index in [1.165, 1.54) is 23.0 Å². The maximum absolute atomic E-state index is 12.9. The highest BCUT2D eigenvalue weighted by atomic mass is 35.5. The van der Waals surface area contributed by atoms with Crippen LogP contribution < -0.4 is 5.32 Å². The smallest absolute Gasteiger partial charge is 0.269 e. The molecule has 4 aromatic rings. The molecular formula is C21H15ClN4O3S. The molecule has 0 saturated carbocycles. The molecule has 9 heteroatoms. The minimum Gasteiger partial charge on any atom is -0.340 e. The van der Waals surface area contributed by atoms with Crippen LogP contribution in [0.15, 0.2) is 78.4 Å². The zero-order chi connectivity index (χ0) is 21.1. The summed E-state index contributed by atoms with van der Waals surface area (Å²) in [7, 11) is 0. The monoisotopic (exact) mass is 438 g/mol. The average molecular weight is 439 g/mol. The summed E-state index contributed by atoms with van der Waals surface area (Å²) in [6.07, 6.45) is 3.05. The van der Waals surface area contributed by atoms with E-state index in [1.807, 2.05) is 29.6 Å². The number of hydrogen-bond donors (Lipinski definition) is 1. The maximum atomic E-state index is 12.9. The van der Waals surface area contributed by atoms with Gasteiger partial charge in [0.1, 0.15) is 0 Å². The van der Waals surface area contributed by atoms with Gasteiger partial charge in [0.25, 0.3) is 11.6 Å². The molecule has 1 N–H and O–H groups in total. The number of aromatic nitrogens is 2. The Kier molecular flexibility index (Phi) is 5.60. The van der Waals surface area contributed by atoms with E-state index in [0.29, 0.717) is 16.3 Å². The molecule has 1 atom stereocenters. The Balaban J connectivity index is 1.56. The van der Waals surface area contributed by atoms with Crippen LogP contribution in [0.1, 0.15) is 26.8 Å². The summed E-state index contributed by atoms with van der Waals surface area (Å²) in [4.78, 5) is 24.2. The van der Waals surface area contributed by atoms with Gasteiger partial charge in [0.15, 0.2) is 0 Å². The van der Waals surface area contributed by atoms with Crippen molar-refractivity contribution in [1.29, 1.82) is 0 Å². The molecule has 1 amide bonds. The largest absolute Gasteiger partial charge is 0.340 e. The lowest BCUT2D eigenvalue weighted by molar-refractivity contribution is -0.384. The van der Waals surface area contributed by atoms with Crippen LogP contribution in [-0.4, -0.2) is 20.6 Å². The van der Waals surface area contributed by atoms with Gasteiger partial charge in [0, 0.05) is 28.2 Å². The molecule has 30 heavy (non-hydrogen) atoms. The van der Waals surface area contributed by atoms with Crippen molar-refractivity contribution in [2.75, 3.05) is 0 Å². The Morgan fingerprint density at radius 2 is 1.87 bits per heavy atom. The molecule has 0 aliphatic heterocycles. The van der Waals surface area contributed by atoms with E-state index in [-0.39, 0.29) is 17.6 Å². The number of nitro benzene ring substituents is 1. The van der Waals surface area contributed by atoms with Crippen LogP contribution in [0.2, 0.25) is 5.02 Å². The molecule has 2 heterocycles. The SMILES string of the molecule is O=C(NC(c1ccc(Cl)cc1)c1cccs1)c1cnn(-c2ccc([N+](=O)[O-])cc2)c1. The highest BCUT2D eigenvalue weighted by molar-refractivity contribution is 7.10. The number of rotatable bonds is 6. The van der Waals surface area contributed by atoms with Crippen molar-refractivity contribution in [2.45, 2.75) is 6.04 Å². The summed E-state index contributed by atoms with van der Waals surface area (Å²) in [6.45, 7) is 0. The molecule has 150 valence electrons. The van der Waals surface area contributed by atoms with Gasteiger partial charge in [-0.2, -0.15) is 5.10 Å². The normalized spacial score (nSPS) is 11.8. The van der Waals surface area contributed by atoms with E-state index >= 15 is 0 Å². The summed E-state index contributed by atoms with van der Waals surface area (Å²) < 4.78 is 1.50. The van der Waals surface area contributed by atoms with Crippen LogP contribution in [0.3, 0.4) is 0 Å². The van der Waals surface area contributed by atoms with Gasteiger partial charge in [0.2, 0.25) is 0 Å². The number of amides is 1. The van der Waals surface area contributed by atoms with Crippen molar-refractivity contribution in [1.82, 2.24) is 15.1 Å². The number of hydrogen-bond acceptors (Lipinski definition) is 5. The Labute approximate surface area is 180 Å². The lowest BCUT2D eigenvalue weighted by Crippen LogP contribution is -2.28. The van der Waals surface area contributed by atoms with Gasteiger partial charge in [-0.25, -0.2) is 4.68 Å². The first-order valence-electron chi connectivity index (χ1n) is 8.90. The third kappa shape index (κ3) is 4.24. The van der Waals surface area contributed by atoms with Crippen molar-refractivity contribution >= 4 is 34.5 Å². The minimum absolute atomic E-state index is 0.00868. The molecule has 2 aromatic heterocycles. The second kappa shape index (κ2) is 8.48. The minimum atomic E-state index is -0.465. The van der Waals surface area contributed by atoms with Gasteiger partial charge in [-0.15, -0.1) is 11.3 Å². The van der Waals surface area contributed by atoms with E-state index in [4.69, 9.17) is 11.6 Å². The third-order valence-electron chi connectivity index (χ3n) is 4.48. The lowest BCUT2D eigenvalue weighted by Gasteiger charge is -2.17. The van der Waals surface area contributed by atoms with Crippen molar-refractivity contribution in [3.05, 3.63) is 110 Å². The third-order valence-corrected chi connectivity index (χ3v) is 5.67. The molecular weight excluding hydrogens is 424 g/mol. The Hall–Kier alpha value is -3.49. The van der Waals surface area contributed by atoms with Crippen molar-refractivity contribution in [3.63, 3.8) is 0 Å².